The van der Waals surface area contributed by atoms with Crippen molar-refractivity contribution >= 4 is 17.5 Å². The first-order valence-electron chi connectivity index (χ1n) is 8.84. The van der Waals surface area contributed by atoms with E-state index in [0.717, 1.165) is 44.5 Å². The molecule has 4 nitrogen and oxygen atoms in total. The van der Waals surface area contributed by atoms with Crippen molar-refractivity contribution in [2.75, 3.05) is 6.54 Å². The van der Waals surface area contributed by atoms with Crippen LogP contribution in [0.4, 0.5) is 4.79 Å². The highest BCUT2D eigenvalue weighted by Crippen LogP contribution is 2.26. The summed E-state index contributed by atoms with van der Waals surface area (Å²) >= 11 is 1.71. The van der Waals surface area contributed by atoms with Gasteiger partial charge in [0.05, 0.1) is 12.2 Å². The molecule has 0 fully saturated rings. The Balaban J connectivity index is 1.65. The van der Waals surface area contributed by atoms with Gasteiger partial charge in [0.1, 0.15) is 0 Å². The van der Waals surface area contributed by atoms with Gasteiger partial charge >= 0.3 is 6.16 Å². The second-order valence-electron chi connectivity index (χ2n) is 6.23. The topological polar surface area (TPSA) is 49.8 Å². The summed E-state index contributed by atoms with van der Waals surface area (Å²) in [5.41, 5.74) is 2.32. The van der Waals surface area contributed by atoms with Crippen molar-refractivity contribution in [2.24, 2.45) is 0 Å². The second kappa shape index (κ2) is 9.25. The Morgan fingerprint density at radius 2 is 1.92 bits per heavy atom. The van der Waals surface area contributed by atoms with Crippen molar-refractivity contribution in [3.63, 3.8) is 0 Å². The maximum absolute atomic E-state index is 11.0. The van der Waals surface area contributed by atoms with Crippen molar-refractivity contribution in [1.82, 2.24) is 4.90 Å². The zero-order valence-electron chi connectivity index (χ0n) is 14.6. The van der Waals surface area contributed by atoms with E-state index < -0.39 is 6.16 Å². The molecule has 0 atom stereocenters. The van der Waals surface area contributed by atoms with Crippen LogP contribution in [-0.2, 0) is 17.7 Å². The standard InChI is InChI=1S/C21H23NO3S/c23-21(24)25-20-13-6-14-22(16-18-11-7-15-26-18)19(20)12-5-4-10-17-8-2-1-3-9-17/h1-3,6-9,11,13,15H,4-5,10,12,14,16H2,(H,23,24). The first-order chi connectivity index (χ1) is 12.7. The predicted octanol–water partition coefficient (Wildman–Crippen LogP) is 5.44. The summed E-state index contributed by atoms with van der Waals surface area (Å²) in [7, 11) is 0. The molecular formula is C21H23NO3S. The number of rotatable bonds is 8. The average Bonchev–Trinajstić information content (AvgIpc) is 3.14. The van der Waals surface area contributed by atoms with E-state index in [0.29, 0.717) is 5.76 Å². The normalized spacial score (nSPS) is 13.9. The van der Waals surface area contributed by atoms with Gasteiger partial charge in [0, 0.05) is 11.4 Å². The second-order valence-corrected chi connectivity index (χ2v) is 7.27. The fraction of sp³-hybridized carbons (Fsp3) is 0.286. The van der Waals surface area contributed by atoms with E-state index in [2.05, 4.69) is 40.6 Å². The number of nitrogens with zero attached hydrogens (tertiary/aromatic N) is 1. The summed E-state index contributed by atoms with van der Waals surface area (Å²) in [5, 5.41) is 11.1. The summed E-state index contributed by atoms with van der Waals surface area (Å²) < 4.78 is 5.04. The van der Waals surface area contributed by atoms with E-state index in [-0.39, 0.29) is 0 Å². The Bertz CT molecular complexity index is 766. The molecule has 0 spiro atoms. The van der Waals surface area contributed by atoms with E-state index in [1.54, 1.807) is 17.4 Å². The molecule has 0 saturated heterocycles. The third-order valence-electron chi connectivity index (χ3n) is 4.36. The maximum Gasteiger partial charge on any atom is 0.511 e. The lowest BCUT2D eigenvalue weighted by Gasteiger charge is -2.30. The van der Waals surface area contributed by atoms with Crippen LogP contribution in [0.25, 0.3) is 0 Å². The van der Waals surface area contributed by atoms with Gasteiger partial charge in [-0.2, -0.15) is 0 Å². The van der Waals surface area contributed by atoms with Gasteiger partial charge in [0.2, 0.25) is 0 Å². The zero-order valence-corrected chi connectivity index (χ0v) is 15.5. The van der Waals surface area contributed by atoms with Crippen molar-refractivity contribution in [1.29, 1.82) is 0 Å². The highest BCUT2D eigenvalue weighted by Gasteiger charge is 2.20. The van der Waals surface area contributed by atoms with Gasteiger partial charge in [-0.15, -0.1) is 11.3 Å². The lowest BCUT2D eigenvalue weighted by molar-refractivity contribution is 0.117. The average molecular weight is 369 g/mol. The van der Waals surface area contributed by atoms with Crippen LogP contribution in [0.5, 0.6) is 0 Å². The van der Waals surface area contributed by atoms with Crippen molar-refractivity contribution < 1.29 is 14.6 Å². The van der Waals surface area contributed by atoms with E-state index >= 15 is 0 Å². The molecule has 26 heavy (non-hydrogen) atoms. The molecule has 2 heterocycles. The summed E-state index contributed by atoms with van der Waals surface area (Å²) in [6, 6.07) is 14.6. The molecule has 136 valence electrons. The Labute approximate surface area is 158 Å². The van der Waals surface area contributed by atoms with Gasteiger partial charge in [-0.25, -0.2) is 4.79 Å². The minimum atomic E-state index is -1.26. The van der Waals surface area contributed by atoms with E-state index in [1.807, 2.05) is 18.2 Å². The fourth-order valence-electron chi connectivity index (χ4n) is 3.13. The quantitative estimate of drug-likeness (QED) is 0.497. The fourth-order valence-corrected chi connectivity index (χ4v) is 3.85. The van der Waals surface area contributed by atoms with Crippen LogP contribution in [0, 0.1) is 0 Å². The molecular weight excluding hydrogens is 346 g/mol. The third kappa shape index (κ3) is 5.23. The molecule has 2 aromatic rings. The van der Waals surface area contributed by atoms with Gasteiger partial charge in [0.25, 0.3) is 0 Å². The van der Waals surface area contributed by atoms with E-state index in [4.69, 9.17) is 9.84 Å². The number of carbonyl (C=O) groups is 1. The first kappa shape index (κ1) is 18.3. The van der Waals surface area contributed by atoms with Gasteiger partial charge in [-0.3, -0.25) is 0 Å². The number of aryl methyl sites for hydroxylation is 1. The van der Waals surface area contributed by atoms with Crippen LogP contribution in [0.2, 0.25) is 0 Å². The highest BCUT2D eigenvalue weighted by molar-refractivity contribution is 7.09. The summed E-state index contributed by atoms with van der Waals surface area (Å²) in [4.78, 5) is 14.5. The molecule has 1 aliphatic heterocycles. The van der Waals surface area contributed by atoms with Crippen LogP contribution < -0.4 is 0 Å². The number of benzene rings is 1. The van der Waals surface area contributed by atoms with Crippen LogP contribution in [0.3, 0.4) is 0 Å². The van der Waals surface area contributed by atoms with Crippen LogP contribution in [0.1, 0.15) is 29.7 Å². The van der Waals surface area contributed by atoms with E-state index in [1.165, 1.54) is 10.4 Å². The highest BCUT2D eigenvalue weighted by atomic mass is 32.1. The molecule has 1 aliphatic rings. The van der Waals surface area contributed by atoms with Crippen LogP contribution >= 0.6 is 11.3 Å². The molecule has 1 aromatic carbocycles. The van der Waals surface area contributed by atoms with Gasteiger partial charge in [-0.05, 0) is 48.8 Å². The zero-order chi connectivity index (χ0) is 18.2. The Morgan fingerprint density at radius 1 is 1.12 bits per heavy atom. The van der Waals surface area contributed by atoms with Gasteiger partial charge in [0.15, 0.2) is 5.76 Å². The molecule has 0 bridgehead atoms. The number of ether oxygens (including phenoxy) is 1. The third-order valence-corrected chi connectivity index (χ3v) is 5.22. The summed E-state index contributed by atoms with van der Waals surface area (Å²) in [5.74, 6) is 0.458. The number of unbranched alkanes of at least 4 members (excludes halogenated alkanes) is 1. The monoisotopic (exact) mass is 369 g/mol. The first-order valence-corrected chi connectivity index (χ1v) is 9.72. The minimum Gasteiger partial charge on any atom is -0.449 e. The molecule has 1 aromatic heterocycles. The summed E-state index contributed by atoms with van der Waals surface area (Å²) in [6.07, 6.45) is 6.38. The van der Waals surface area contributed by atoms with Crippen molar-refractivity contribution in [3.05, 3.63) is 81.9 Å². The van der Waals surface area contributed by atoms with Crippen LogP contribution in [0.15, 0.2) is 71.5 Å². The number of thiophene rings is 1. The summed E-state index contributed by atoms with van der Waals surface area (Å²) in [6.45, 7) is 1.56. The molecule has 5 heteroatoms. The SMILES string of the molecule is O=C(O)OC1=C(CCCCc2ccccc2)N(Cc2cccs2)CC=C1. The van der Waals surface area contributed by atoms with Gasteiger partial charge in [-0.1, -0.05) is 42.5 Å². The number of allylic oxidation sites excluding steroid dienone is 2. The minimum absolute atomic E-state index is 0.458. The molecule has 0 aliphatic carbocycles. The molecule has 0 radical (unpaired) electrons. The number of carboxylic acid groups (broad SMARTS) is 1. The lowest BCUT2D eigenvalue weighted by Crippen LogP contribution is -2.27. The molecule has 3 rings (SSSR count). The molecule has 1 N–H and O–H groups in total. The molecule has 0 unspecified atom stereocenters. The smallest absolute Gasteiger partial charge is 0.449 e. The van der Waals surface area contributed by atoms with E-state index in [9.17, 15) is 4.79 Å². The number of hydrogen-bond acceptors (Lipinski definition) is 4. The van der Waals surface area contributed by atoms with Crippen molar-refractivity contribution in [3.8, 4) is 0 Å². The Hall–Kier alpha value is -2.53. The lowest BCUT2D eigenvalue weighted by atomic mass is 10.0. The predicted molar refractivity (Wildman–Crippen MR) is 104 cm³/mol. The molecule has 0 saturated carbocycles. The van der Waals surface area contributed by atoms with Crippen LogP contribution in [-0.4, -0.2) is 22.7 Å². The largest absolute Gasteiger partial charge is 0.511 e. The number of hydrogen-bond donors (Lipinski definition) is 1. The maximum atomic E-state index is 11.0. The Kier molecular flexibility index (Phi) is 6.50. The van der Waals surface area contributed by atoms with Crippen molar-refractivity contribution in [2.45, 2.75) is 32.2 Å². The van der Waals surface area contributed by atoms with Gasteiger partial charge < -0.3 is 14.7 Å². The molecule has 0 amide bonds. The Morgan fingerprint density at radius 3 is 2.65 bits per heavy atom.